The zero-order valence-corrected chi connectivity index (χ0v) is 14.4. The van der Waals surface area contributed by atoms with E-state index in [0.717, 1.165) is 19.4 Å². The Morgan fingerprint density at radius 2 is 2.23 bits per heavy atom. The second-order valence-electron chi connectivity index (χ2n) is 6.31. The Labute approximate surface area is 138 Å². The highest BCUT2D eigenvalue weighted by Crippen LogP contribution is 2.23. The molecule has 0 radical (unpaired) electrons. The van der Waals surface area contributed by atoms with Gasteiger partial charge in [0.1, 0.15) is 0 Å². The number of aryl methyl sites for hydroxylation is 1. The second-order valence-corrected chi connectivity index (χ2v) is 6.31. The average Bonchev–Trinajstić information content (AvgIpc) is 2.93. The van der Waals surface area contributed by atoms with Crippen molar-refractivity contribution >= 4 is 18.3 Å². The van der Waals surface area contributed by atoms with Gasteiger partial charge in [-0.2, -0.15) is 4.98 Å². The van der Waals surface area contributed by atoms with Crippen LogP contribution >= 0.6 is 12.4 Å². The Bertz CT molecular complexity index is 478. The lowest BCUT2D eigenvalue weighted by molar-refractivity contribution is -0.135. The van der Waals surface area contributed by atoms with Crippen molar-refractivity contribution < 1.29 is 9.32 Å². The van der Waals surface area contributed by atoms with Gasteiger partial charge in [0, 0.05) is 37.9 Å². The van der Waals surface area contributed by atoms with E-state index in [-0.39, 0.29) is 30.3 Å². The summed E-state index contributed by atoms with van der Waals surface area (Å²) in [6.45, 7) is 7.59. The molecule has 0 saturated carbocycles. The molecule has 2 N–H and O–H groups in total. The van der Waals surface area contributed by atoms with Crippen LogP contribution in [0.5, 0.6) is 0 Å². The molecule has 1 aliphatic rings. The summed E-state index contributed by atoms with van der Waals surface area (Å²) in [6.07, 6.45) is 2.97. The molecule has 126 valence electrons. The van der Waals surface area contributed by atoms with Crippen LogP contribution in [0.15, 0.2) is 4.52 Å². The van der Waals surface area contributed by atoms with Crippen LogP contribution in [0, 0.1) is 5.92 Å². The van der Waals surface area contributed by atoms with Crippen molar-refractivity contribution in [2.75, 3.05) is 13.1 Å². The molecule has 22 heavy (non-hydrogen) atoms. The standard InChI is InChI=1S/C15H26N4O2.ClH/c1-10(2)15-17-13(21-18-15)4-5-14(20)19-7-6-11(3)8-12(19)9-16;/h10-12H,4-9,16H2,1-3H3;1H. The van der Waals surface area contributed by atoms with E-state index in [1.165, 1.54) is 0 Å². The minimum absolute atomic E-state index is 0. The van der Waals surface area contributed by atoms with E-state index >= 15 is 0 Å². The summed E-state index contributed by atoms with van der Waals surface area (Å²) in [6, 6.07) is 0.176. The lowest BCUT2D eigenvalue weighted by atomic mass is 9.92. The first-order chi connectivity index (χ1) is 10.0. The first-order valence-electron chi connectivity index (χ1n) is 7.83. The van der Waals surface area contributed by atoms with Gasteiger partial charge in [-0.05, 0) is 18.8 Å². The molecular weight excluding hydrogens is 304 g/mol. The molecule has 2 atom stereocenters. The van der Waals surface area contributed by atoms with Crippen molar-refractivity contribution in [2.45, 2.75) is 58.4 Å². The number of hydrogen-bond acceptors (Lipinski definition) is 5. The first-order valence-corrected chi connectivity index (χ1v) is 7.83. The molecule has 2 rings (SSSR count). The van der Waals surface area contributed by atoms with Gasteiger partial charge in [-0.1, -0.05) is 25.9 Å². The third-order valence-corrected chi connectivity index (χ3v) is 4.12. The van der Waals surface area contributed by atoms with Gasteiger partial charge in [0.05, 0.1) is 0 Å². The van der Waals surface area contributed by atoms with E-state index in [0.29, 0.717) is 37.0 Å². The fourth-order valence-electron chi connectivity index (χ4n) is 2.76. The van der Waals surface area contributed by atoms with Crippen molar-refractivity contribution in [2.24, 2.45) is 11.7 Å². The summed E-state index contributed by atoms with van der Waals surface area (Å²) >= 11 is 0. The molecule has 1 fully saturated rings. The lowest BCUT2D eigenvalue weighted by Gasteiger charge is -2.38. The van der Waals surface area contributed by atoms with Crippen LogP contribution in [0.2, 0.25) is 0 Å². The summed E-state index contributed by atoms with van der Waals surface area (Å²) in [7, 11) is 0. The van der Waals surface area contributed by atoms with E-state index in [4.69, 9.17) is 10.3 Å². The summed E-state index contributed by atoms with van der Waals surface area (Å²) in [4.78, 5) is 18.6. The van der Waals surface area contributed by atoms with Gasteiger partial charge in [0.25, 0.3) is 0 Å². The summed E-state index contributed by atoms with van der Waals surface area (Å²) in [5, 5.41) is 3.92. The zero-order valence-electron chi connectivity index (χ0n) is 13.6. The van der Waals surface area contributed by atoms with Gasteiger partial charge in [-0.3, -0.25) is 4.79 Å². The molecule has 1 amide bonds. The quantitative estimate of drug-likeness (QED) is 0.893. The van der Waals surface area contributed by atoms with Crippen LogP contribution in [0.4, 0.5) is 0 Å². The average molecular weight is 331 g/mol. The van der Waals surface area contributed by atoms with E-state index < -0.39 is 0 Å². The minimum Gasteiger partial charge on any atom is -0.339 e. The number of amides is 1. The molecule has 0 bridgehead atoms. The van der Waals surface area contributed by atoms with E-state index in [2.05, 4.69) is 17.1 Å². The Kier molecular flexibility index (Phi) is 7.29. The first kappa shape index (κ1) is 18.9. The largest absolute Gasteiger partial charge is 0.339 e. The number of piperidine rings is 1. The maximum absolute atomic E-state index is 12.4. The number of rotatable bonds is 5. The SMILES string of the molecule is CC1CCN(C(=O)CCc2nc(C(C)C)no2)C(CN)C1.Cl. The van der Waals surface area contributed by atoms with Gasteiger partial charge >= 0.3 is 0 Å². The van der Waals surface area contributed by atoms with E-state index in [9.17, 15) is 4.79 Å². The molecule has 0 aliphatic carbocycles. The number of carbonyl (C=O) groups is 1. The van der Waals surface area contributed by atoms with Crippen LogP contribution in [0.1, 0.15) is 57.7 Å². The van der Waals surface area contributed by atoms with Gasteiger partial charge in [-0.15, -0.1) is 12.4 Å². The predicted octanol–water partition coefficient (Wildman–Crippen LogP) is 2.13. The number of nitrogens with two attached hydrogens (primary N) is 1. The highest BCUT2D eigenvalue weighted by atomic mass is 35.5. The molecule has 0 spiro atoms. The van der Waals surface area contributed by atoms with Crippen LogP contribution < -0.4 is 5.73 Å². The topological polar surface area (TPSA) is 85.2 Å². The Morgan fingerprint density at radius 1 is 1.50 bits per heavy atom. The molecule has 0 aromatic carbocycles. The maximum Gasteiger partial charge on any atom is 0.227 e. The molecule has 1 saturated heterocycles. The number of aromatic nitrogens is 2. The van der Waals surface area contributed by atoms with Crippen molar-refractivity contribution in [1.29, 1.82) is 0 Å². The van der Waals surface area contributed by atoms with Gasteiger partial charge in [0.2, 0.25) is 11.8 Å². The normalized spacial score (nSPS) is 21.8. The second kappa shape index (κ2) is 8.48. The third kappa shape index (κ3) is 4.68. The summed E-state index contributed by atoms with van der Waals surface area (Å²) in [5.41, 5.74) is 5.80. The van der Waals surface area contributed by atoms with Gasteiger partial charge < -0.3 is 15.2 Å². The van der Waals surface area contributed by atoms with Crippen molar-refractivity contribution in [3.63, 3.8) is 0 Å². The van der Waals surface area contributed by atoms with Crippen LogP contribution in [-0.4, -0.2) is 40.1 Å². The predicted molar refractivity (Wildman–Crippen MR) is 86.9 cm³/mol. The molecule has 1 aromatic heterocycles. The molecule has 7 heteroatoms. The number of carbonyl (C=O) groups excluding carboxylic acids is 1. The highest BCUT2D eigenvalue weighted by molar-refractivity contribution is 5.85. The highest BCUT2D eigenvalue weighted by Gasteiger charge is 2.28. The molecule has 1 aromatic rings. The number of nitrogens with zero attached hydrogens (tertiary/aromatic N) is 3. The van der Waals surface area contributed by atoms with Crippen molar-refractivity contribution in [3.8, 4) is 0 Å². The van der Waals surface area contributed by atoms with Crippen LogP contribution in [-0.2, 0) is 11.2 Å². The summed E-state index contributed by atoms with van der Waals surface area (Å²) in [5.74, 6) is 2.27. The monoisotopic (exact) mass is 330 g/mol. The van der Waals surface area contributed by atoms with E-state index in [1.807, 2.05) is 18.7 Å². The lowest BCUT2D eigenvalue weighted by Crippen LogP contribution is -2.49. The molecule has 1 aliphatic heterocycles. The van der Waals surface area contributed by atoms with Crippen LogP contribution in [0.3, 0.4) is 0 Å². The smallest absolute Gasteiger partial charge is 0.227 e. The Morgan fingerprint density at radius 3 is 2.82 bits per heavy atom. The fraction of sp³-hybridized carbons (Fsp3) is 0.800. The third-order valence-electron chi connectivity index (χ3n) is 4.12. The van der Waals surface area contributed by atoms with Gasteiger partial charge in [0.15, 0.2) is 5.82 Å². The Balaban J connectivity index is 0.00000242. The summed E-state index contributed by atoms with van der Waals surface area (Å²) < 4.78 is 5.18. The van der Waals surface area contributed by atoms with Gasteiger partial charge in [-0.25, -0.2) is 0 Å². The van der Waals surface area contributed by atoms with Crippen molar-refractivity contribution in [3.05, 3.63) is 11.7 Å². The molecule has 2 unspecified atom stereocenters. The number of halogens is 1. The maximum atomic E-state index is 12.4. The zero-order chi connectivity index (χ0) is 15.4. The molecule has 6 nitrogen and oxygen atoms in total. The number of hydrogen-bond donors (Lipinski definition) is 1. The molecular formula is C15H27ClN4O2. The van der Waals surface area contributed by atoms with E-state index in [1.54, 1.807) is 0 Å². The van der Waals surface area contributed by atoms with Crippen LogP contribution in [0.25, 0.3) is 0 Å². The minimum atomic E-state index is 0. The molecule has 2 heterocycles. The fourth-order valence-corrected chi connectivity index (χ4v) is 2.76. The number of likely N-dealkylation sites (tertiary alicyclic amines) is 1. The Hall–Kier alpha value is -1.14. The van der Waals surface area contributed by atoms with Crippen molar-refractivity contribution in [1.82, 2.24) is 15.0 Å².